The molecule has 0 bridgehead atoms. The van der Waals surface area contributed by atoms with E-state index < -0.39 is 6.16 Å². The van der Waals surface area contributed by atoms with Gasteiger partial charge in [0, 0.05) is 3.58 Å². The first-order valence-electron chi connectivity index (χ1n) is 6.07. The molecule has 0 aromatic carbocycles. The van der Waals surface area contributed by atoms with E-state index in [4.69, 9.17) is 9.47 Å². The van der Waals surface area contributed by atoms with E-state index >= 15 is 0 Å². The Labute approximate surface area is 145 Å². The monoisotopic (exact) mass is 544 g/mol. The summed E-state index contributed by atoms with van der Waals surface area (Å²) < 4.78 is 11.8. The van der Waals surface area contributed by atoms with E-state index in [2.05, 4.69) is 68.0 Å². The summed E-state index contributed by atoms with van der Waals surface area (Å²) in [5, 5.41) is 0. The second kappa shape index (κ2) is 13.0. The maximum atomic E-state index is 11.2. The number of rotatable bonds is 9. The fourth-order valence-electron chi connectivity index (χ4n) is 1.26. The smallest absolute Gasteiger partial charge is 0.434 e. The van der Waals surface area contributed by atoms with Gasteiger partial charge in [-0.1, -0.05) is 39.0 Å². The van der Waals surface area contributed by atoms with E-state index in [1.165, 1.54) is 25.7 Å². The minimum absolute atomic E-state index is 0.263. The molecule has 0 fully saturated rings. The molecule has 18 heavy (non-hydrogen) atoms. The van der Waals surface area contributed by atoms with E-state index in [9.17, 15) is 4.79 Å². The minimum atomic E-state index is -0.581. The van der Waals surface area contributed by atoms with Crippen LogP contribution in [-0.4, -0.2) is 19.4 Å². The van der Waals surface area contributed by atoms with Gasteiger partial charge in [0.15, 0.2) is 0 Å². The van der Waals surface area contributed by atoms with E-state index in [1.54, 1.807) is 0 Å². The Morgan fingerprint density at radius 2 is 1.67 bits per heavy atom. The van der Waals surface area contributed by atoms with Gasteiger partial charge in [0.1, 0.15) is 6.61 Å². The zero-order valence-corrected chi connectivity index (χ0v) is 16.4. The second-order valence-corrected chi connectivity index (χ2v) is 8.48. The number of carbonyl (C=O) groups excluding carboxylic acids is 1. The summed E-state index contributed by atoms with van der Waals surface area (Å²) in [4.78, 5) is 11.2. The third-order valence-corrected chi connectivity index (χ3v) is 5.99. The van der Waals surface area contributed by atoms with Gasteiger partial charge >= 0.3 is 6.16 Å². The first kappa shape index (κ1) is 18.9. The molecule has 0 aromatic rings. The minimum Gasteiger partial charge on any atom is -0.434 e. The summed E-state index contributed by atoms with van der Waals surface area (Å²) in [6.07, 6.45) is 6.48. The lowest BCUT2D eigenvalue weighted by molar-refractivity contribution is 0.0617. The highest BCUT2D eigenvalue weighted by Crippen LogP contribution is 2.24. The fraction of sp³-hybridized carbons (Fsp3) is 0.750. The molecular weight excluding hydrogens is 526 g/mol. The Balaban J connectivity index is 3.41. The Bertz CT molecular complexity index is 266. The topological polar surface area (TPSA) is 35.5 Å². The summed E-state index contributed by atoms with van der Waals surface area (Å²) in [6, 6.07) is 0. The Kier molecular flexibility index (Phi) is 13.6. The molecule has 0 atom stereocenters. The van der Waals surface area contributed by atoms with E-state index in [1.807, 2.05) is 0 Å². The number of ether oxygens (including phenoxy) is 2. The summed E-state index contributed by atoms with van der Waals surface area (Å²) >= 11 is 7.55. The molecule has 0 rings (SSSR count). The van der Waals surface area contributed by atoms with Crippen molar-refractivity contribution in [2.45, 2.75) is 45.4 Å². The Hall–Kier alpha value is 0.950. The SMILES string of the molecule is CCCCCCCCOC(=O)OCC(I)=C(Br)I. The van der Waals surface area contributed by atoms with Crippen LogP contribution in [0.2, 0.25) is 0 Å². The van der Waals surface area contributed by atoms with Crippen LogP contribution in [0.1, 0.15) is 45.4 Å². The van der Waals surface area contributed by atoms with Crippen LogP contribution in [0.25, 0.3) is 0 Å². The molecule has 0 aromatic heterocycles. The number of carbonyl (C=O) groups is 1. The lowest BCUT2D eigenvalue weighted by Gasteiger charge is -2.06. The van der Waals surface area contributed by atoms with Crippen LogP contribution in [-0.2, 0) is 9.47 Å². The number of unbranched alkanes of at least 4 members (excludes halogenated alkanes) is 5. The molecule has 3 nitrogen and oxygen atoms in total. The lowest BCUT2D eigenvalue weighted by atomic mass is 10.1. The molecule has 0 heterocycles. The van der Waals surface area contributed by atoms with Gasteiger partial charge in [-0.15, -0.1) is 0 Å². The van der Waals surface area contributed by atoms with Gasteiger partial charge in [0.2, 0.25) is 0 Å². The molecule has 0 spiro atoms. The van der Waals surface area contributed by atoms with Crippen molar-refractivity contribution in [1.29, 1.82) is 0 Å². The first-order chi connectivity index (χ1) is 8.57. The van der Waals surface area contributed by atoms with Crippen molar-refractivity contribution >= 4 is 67.3 Å². The van der Waals surface area contributed by atoms with Gasteiger partial charge in [-0.2, -0.15) is 0 Å². The van der Waals surface area contributed by atoms with E-state index in [0.717, 1.165) is 18.9 Å². The number of hydrogen-bond donors (Lipinski definition) is 0. The Morgan fingerprint density at radius 3 is 2.28 bits per heavy atom. The van der Waals surface area contributed by atoms with Crippen LogP contribution in [0.4, 0.5) is 4.79 Å². The molecule has 0 aliphatic rings. The molecule has 0 saturated carbocycles. The summed E-state index contributed by atoms with van der Waals surface area (Å²) in [5.74, 6) is 0. The third kappa shape index (κ3) is 12.0. The highest BCUT2D eigenvalue weighted by molar-refractivity contribution is 14.1. The van der Waals surface area contributed by atoms with Gasteiger partial charge in [-0.05, 0) is 67.5 Å². The molecule has 6 heteroatoms. The number of halogens is 3. The van der Waals surface area contributed by atoms with Gasteiger partial charge in [0.05, 0.1) is 9.10 Å². The van der Waals surface area contributed by atoms with Crippen molar-refractivity contribution in [2.24, 2.45) is 0 Å². The largest absolute Gasteiger partial charge is 0.508 e. The van der Waals surface area contributed by atoms with Crippen molar-refractivity contribution in [3.63, 3.8) is 0 Å². The molecule has 0 aliphatic heterocycles. The van der Waals surface area contributed by atoms with Gasteiger partial charge in [-0.25, -0.2) is 4.79 Å². The van der Waals surface area contributed by atoms with Gasteiger partial charge in [-0.3, -0.25) is 0 Å². The lowest BCUT2D eigenvalue weighted by Crippen LogP contribution is -2.09. The van der Waals surface area contributed by atoms with Gasteiger partial charge < -0.3 is 9.47 Å². The van der Waals surface area contributed by atoms with Gasteiger partial charge in [0.25, 0.3) is 0 Å². The average Bonchev–Trinajstić information content (AvgIpc) is 2.34. The zero-order valence-electron chi connectivity index (χ0n) is 10.5. The molecule has 106 valence electrons. The first-order valence-corrected chi connectivity index (χ1v) is 9.02. The normalized spacial score (nSPS) is 12.0. The Morgan fingerprint density at radius 1 is 1.06 bits per heavy atom. The molecule has 0 aliphatic carbocycles. The van der Waals surface area contributed by atoms with Crippen molar-refractivity contribution in [2.75, 3.05) is 13.2 Å². The summed E-state index contributed by atoms with van der Waals surface area (Å²) in [5.41, 5.74) is 0. The molecule has 0 saturated heterocycles. The predicted octanol–water partition coefficient (Wildman–Crippen LogP) is 5.93. The molecular formula is C12H19BrI2O3. The van der Waals surface area contributed by atoms with E-state index in [0.29, 0.717) is 6.61 Å². The van der Waals surface area contributed by atoms with Crippen LogP contribution in [0, 0.1) is 0 Å². The highest BCUT2D eigenvalue weighted by atomic mass is 127. The third-order valence-electron chi connectivity index (χ3n) is 2.24. The highest BCUT2D eigenvalue weighted by Gasteiger charge is 2.05. The fourth-order valence-corrected chi connectivity index (χ4v) is 1.68. The predicted molar refractivity (Wildman–Crippen MR) is 94.7 cm³/mol. The zero-order chi connectivity index (χ0) is 13.8. The molecule has 0 N–H and O–H groups in total. The standard InChI is InChI=1S/C12H19BrI2O3/c1-2-3-4-5-6-7-8-17-12(16)18-9-10(14)11(13)15/h2-9H2,1H3. The number of hydrogen-bond acceptors (Lipinski definition) is 3. The van der Waals surface area contributed by atoms with Crippen molar-refractivity contribution < 1.29 is 14.3 Å². The maximum Gasteiger partial charge on any atom is 0.508 e. The van der Waals surface area contributed by atoms with Crippen molar-refractivity contribution in [3.05, 3.63) is 6.07 Å². The maximum absolute atomic E-state index is 11.2. The van der Waals surface area contributed by atoms with Crippen molar-refractivity contribution in [3.8, 4) is 0 Å². The average molecular weight is 545 g/mol. The molecule has 0 radical (unpaired) electrons. The van der Waals surface area contributed by atoms with E-state index in [-0.39, 0.29) is 6.61 Å². The van der Waals surface area contributed by atoms with Crippen LogP contribution in [0.3, 0.4) is 0 Å². The molecule has 0 amide bonds. The van der Waals surface area contributed by atoms with Crippen LogP contribution in [0.5, 0.6) is 0 Å². The van der Waals surface area contributed by atoms with Crippen LogP contribution < -0.4 is 0 Å². The second-order valence-electron chi connectivity index (χ2n) is 3.82. The van der Waals surface area contributed by atoms with Crippen LogP contribution in [0.15, 0.2) is 6.07 Å². The van der Waals surface area contributed by atoms with Crippen LogP contribution >= 0.6 is 61.1 Å². The summed E-state index contributed by atoms with van der Waals surface area (Å²) in [7, 11) is 0. The molecule has 0 unspecified atom stereocenters. The quantitative estimate of drug-likeness (QED) is 0.205. The van der Waals surface area contributed by atoms with Crippen molar-refractivity contribution in [1.82, 2.24) is 0 Å². The summed E-state index contributed by atoms with van der Waals surface area (Å²) in [6.45, 7) is 2.92.